The molecule has 7 nitrogen and oxygen atoms in total. The Hall–Kier alpha value is -1.42. The number of carbonyl (C=O) groups excluding carboxylic acids is 1. The van der Waals surface area contributed by atoms with Crippen molar-refractivity contribution in [2.75, 3.05) is 50.3 Å². The van der Waals surface area contributed by atoms with Crippen molar-refractivity contribution in [2.24, 2.45) is 0 Å². The predicted octanol–water partition coefficient (Wildman–Crippen LogP) is 2.13. The Balaban J connectivity index is 2.12. The van der Waals surface area contributed by atoms with E-state index in [1.54, 1.807) is 24.9 Å². The van der Waals surface area contributed by atoms with Crippen molar-refractivity contribution >= 4 is 42.0 Å². The van der Waals surface area contributed by atoms with Crippen LogP contribution in [0.15, 0.2) is 24.3 Å². The number of ether oxygens (including phenoxy) is 1. The number of aliphatic carboxylic acids is 1. The van der Waals surface area contributed by atoms with Gasteiger partial charge in [0.2, 0.25) is 0 Å². The molecule has 1 saturated heterocycles. The van der Waals surface area contributed by atoms with Crippen molar-refractivity contribution in [1.82, 2.24) is 10.6 Å². The average Bonchev–Trinajstić information content (AvgIpc) is 3.14. The predicted molar refractivity (Wildman–Crippen MR) is 126 cm³/mol. The molecular weight excluding hydrogens is 422 g/mol. The van der Waals surface area contributed by atoms with Gasteiger partial charge < -0.3 is 25.4 Å². The van der Waals surface area contributed by atoms with E-state index < -0.39 is 12.0 Å². The van der Waals surface area contributed by atoms with E-state index in [0.29, 0.717) is 29.6 Å². The molecule has 0 saturated carbocycles. The molecule has 1 amide bonds. The van der Waals surface area contributed by atoms with Gasteiger partial charge in [-0.3, -0.25) is 4.79 Å². The number of nitrogens with zero attached hydrogens (tertiary/aromatic N) is 1. The molecular formula is C21H33N3O4S2. The van der Waals surface area contributed by atoms with E-state index in [-0.39, 0.29) is 11.9 Å². The third kappa shape index (κ3) is 7.68. The van der Waals surface area contributed by atoms with E-state index in [1.165, 1.54) is 0 Å². The second-order valence-corrected chi connectivity index (χ2v) is 9.05. The molecule has 9 heteroatoms. The van der Waals surface area contributed by atoms with Gasteiger partial charge in [-0.2, -0.15) is 24.4 Å². The first-order valence-corrected chi connectivity index (χ1v) is 12.1. The van der Waals surface area contributed by atoms with E-state index in [4.69, 9.17) is 4.74 Å². The number of nitrogens with one attached hydrogen (secondary N) is 2. The van der Waals surface area contributed by atoms with Crippen LogP contribution in [0, 0.1) is 0 Å². The molecule has 1 aromatic carbocycles. The number of benzene rings is 1. The Morgan fingerprint density at radius 1 is 1.47 bits per heavy atom. The van der Waals surface area contributed by atoms with Crippen molar-refractivity contribution in [3.05, 3.63) is 29.8 Å². The first-order chi connectivity index (χ1) is 14.5. The number of hydrogen-bond donors (Lipinski definition) is 4. The summed E-state index contributed by atoms with van der Waals surface area (Å²) in [5.74, 6) is -0.709. The molecule has 1 aromatic rings. The highest BCUT2D eigenvalue weighted by atomic mass is 32.2. The number of carbonyl (C=O) groups is 2. The van der Waals surface area contributed by atoms with E-state index >= 15 is 0 Å². The first-order valence-electron chi connectivity index (χ1n) is 10.2. The molecule has 3 atom stereocenters. The van der Waals surface area contributed by atoms with Gasteiger partial charge in [-0.05, 0) is 56.0 Å². The second-order valence-electron chi connectivity index (χ2n) is 7.41. The van der Waals surface area contributed by atoms with Crippen molar-refractivity contribution in [1.29, 1.82) is 0 Å². The largest absolute Gasteiger partial charge is 0.480 e. The molecule has 1 aliphatic heterocycles. The lowest BCUT2D eigenvalue weighted by atomic mass is 10.1. The number of thioether (sulfide) groups is 1. The van der Waals surface area contributed by atoms with Crippen LogP contribution in [0.1, 0.15) is 29.6 Å². The molecule has 1 aliphatic rings. The van der Waals surface area contributed by atoms with E-state index in [1.807, 2.05) is 24.5 Å². The zero-order valence-corrected chi connectivity index (χ0v) is 19.4. The summed E-state index contributed by atoms with van der Waals surface area (Å²) in [5, 5.41) is 15.8. The Morgan fingerprint density at radius 2 is 2.27 bits per heavy atom. The van der Waals surface area contributed by atoms with Gasteiger partial charge in [0.25, 0.3) is 5.91 Å². The highest BCUT2D eigenvalue weighted by Crippen LogP contribution is 2.21. The Labute approximate surface area is 188 Å². The number of amides is 1. The molecule has 0 spiro atoms. The number of carboxylic acids is 1. The molecule has 0 radical (unpaired) electrons. The van der Waals surface area contributed by atoms with Crippen LogP contribution >= 0.6 is 24.4 Å². The fourth-order valence-electron chi connectivity index (χ4n) is 3.48. The molecule has 1 fully saturated rings. The lowest BCUT2D eigenvalue weighted by molar-refractivity contribution is -0.139. The summed E-state index contributed by atoms with van der Waals surface area (Å²) in [5.41, 5.74) is 1.39. The molecule has 0 aliphatic carbocycles. The number of methoxy groups -OCH3 is 1. The summed E-state index contributed by atoms with van der Waals surface area (Å²) in [6, 6.07) is 6.75. The number of hydrogen-bond acceptors (Lipinski definition) is 7. The van der Waals surface area contributed by atoms with Crippen LogP contribution in [0.2, 0.25) is 0 Å². The van der Waals surface area contributed by atoms with Gasteiger partial charge in [0, 0.05) is 49.3 Å². The fraction of sp³-hybridized carbons (Fsp3) is 0.619. The minimum Gasteiger partial charge on any atom is -0.480 e. The van der Waals surface area contributed by atoms with Gasteiger partial charge in [-0.1, -0.05) is 6.07 Å². The van der Waals surface area contributed by atoms with Crippen molar-refractivity contribution in [2.45, 2.75) is 36.6 Å². The average molecular weight is 456 g/mol. The highest BCUT2D eigenvalue weighted by Gasteiger charge is 2.26. The lowest BCUT2D eigenvalue weighted by Crippen LogP contribution is -2.42. The molecule has 0 bridgehead atoms. The molecule has 168 valence electrons. The number of carboxylic acid groups (broad SMARTS) is 1. The third-order valence-corrected chi connectivity index (χ3v) is 6.45. The Bertz CT molecular complexity index is 692. The first kappa shape index (κ1) is 24.8. The topological polar surface area (TPSA) is 90.9 Å². The van der Waals surface area contributed by atoms with E-state index in [2.05, 4.69) is 28.2 Å². The summed E-state index contributed by atoms with van der Waals surface area (Å²) in [6.45, 7) is 3.20. The van der Waals surface area contributed by atoms with Gasteiger partial charge in [0.15, 0.2) is 0 Å². The number of anilines is 1. The zero-order valence-electron chi connectivity index (χ0n) is 17.7. The summed E-state index contributed by atoms with van der Waals surface area (Å²) in [6.07, 6.45) is 4.21. The van der Waals surface area contributed by atoms with Gasteiger partial charge >= 0.3 is 5.97 Å². The van der Waals surface area contributed by atoms with E-state index in [9.17, 15) is 14.7 Å². The summed E-state index contributed by atoms with van der Waals surface area (Å²) < 4.78 is 5.20. The standard InChI is InChI=1S/C21H33N3O4S2/c1-28-11-4-10-24(14-18-19(29)7-9-22-18)16-6-3-5-15(13-16)20(25)23-17(21(26)27)8-12-30-2/h3,5-6,13,17-19,22,29H,4,7-12,14H2,1-2H3,(H,23,25)(H,26,27)/t17-,18-,19-/m0/s1. The second kappa shape index (κ2) is 13.1. The third-order valence-electron chi connectivity index (χ3n) is 5.19. The summed E-state index contributed by atoms with van der Waals surface area (Å²) in [7, 11) is 1.69. The van der Waals surface area contributed by atoms with Gasteiger partial charge in [0.05, 0.1) is 0 Å². The Kier molecular flexibility index (Phi) is 10.8. The minimum absolute atomic E-state index is 0.274. The zero-order chi connectivity index (χ0) is 21.9. The normalized spacial score (nSPS) is 19.4. The maximum absolute atomic E-state index is 12.7. The molecule has 1 heterocycles. The summed E-state index contributed by atoms with van der Waals surface area (Å²) >= 11 is 6.24. The molecule has 0 aromatic heterocycles. The monoisotopic (exact) mass is 455 g/mol. The van der Waals surface area contributed by atoms with Crippen LogP contribution < -0.4 is 15.5 Å². The highest BCUT2D eigenvalue weighted by molar-refractivity contribution is 7.98. The van der Waals surface area contributed by atoms with Crippen molar-refractivity contribution in [3.8, 4) is 0 Å². The van der Waals surface area contributed by atoms with Gasteiger partial charge in [-0.15, -0.1) is 0 Å². The number of thiol groups is 1. The fourth-order valence-corrected chi connectivity index (χ4v) is 4.28. The van der Waals surface area contributed by atoms with Crippen LogP contribution in [-0.4, -0.2) is 79.7 Å². The number of rotatable bonds is 13. The smallest absolute Gasteiger partial charge is 0.326 e. The maximum atomic E-state index is 12.7. The van der Waals surface area contributed by atoms with Crippen LogP contribution in [0.5, 0.6) is 0 Å². The van der Waals surface area contributed by atoms with Crippen LogP contribution in [-0.2, 0) is 9.53 Å². The molecule has 2 rings (SSSR count). The van der Waals surface area contributed by atoms with Crippen LogP contribution in [0.3, 0.4) is 0 Å². The maximum Gasteiger partial charge on any atom is 0.326 e. The lowest BCUT2D eigenvalue weighted by Gasteiger charge is -2.29. The van der Waals surface area contributed by atoms with Crippen LogP contribution in [0.4, 0.5) is 5.69 Å². The SMILES string of the molecule is COCCCN(C[C@@H]1NCC[C@@H]1S)c1cccc(C(=O)N[C@@H](CCSC)C(=O)O)c1. The summed E-state index contributed by atoms with van der Waals surface area (Å²) in [4.78, 5) is 26.4. The molecule has 0 unspecified atom stereocenters. The quantitative estimate of drug-likeness (QED) is 0.268. The van der Waals surface area contributed by atoms with Crippen molar-refractivity contribution in [3.63, 3.8) is 0 Å². The molecule has 3 N–H and O–H groups in total. The van der Waals surface area contributed by atoms with Crippen molar-refractivity contribution < 1.29 is 19.4 Å². The Morgan fingerprint density at radius 3 is 2.90 bits per heavy atom. The minimum atomic E-state index is -1.01. The van der Waals surface area contributed by atoms with Gasteiger partial charge in [-0.25, -0.2) is 4.79 Å². The van der Waals surface area contributed by atoms with Gasteiger partial charge in [0.1, 0.15) is 6.04 Å². The van der Waals surface area contributed by atoms with E-state index in [0.717, 1.165) is 38.2 Å². The molecule has 30 heavy (non-hydrogen) atoms. The van der Waals surface area contributed by atoms with Crippen LogP contribution in [0.25, 0.3) is 0 Å².